The molecule has 0 saturated carbocycles. The largest absolute Gasteiger partial charge is 0.416 e. The monoisotopic (exact) mass is 378 g/mol. The second-order valence-corrected chi connectivity index (χ2v) is 6.97. The molecule has 0 fully saturated rings. The van der Waals surface area contributed by atoms with Crippen LogP contribution in [0.15, 0.2) is 79.0 Å². The van der Waals surface area contributed by atoms with Crippen molar-refractivity contribution in [3.63, 3.8) is 0 Å². The van der Waals surface area contributed by atoms with E-state index in [-0.39, 0.29) is 0 Å². The number of aromatic nitrogens is 2. The van der Waals surface area contributed by atoms with Gasteiger partial charge in [-0.05, 0) is 29.8 Å². The normalized spacial score (nSPS) is 13.2. The predicted octanol–water partition coefficient (Wildman–Crippen LogP) is 4.78. The molecule has 0 atom stereocenters. The molecule has 0 amide bonds. The first-order valence-corrected chi connectivity index (χ1v) is 9.14. The van der Waals surface area contributed by atoms with Gasteiger partial charge in [0, 0.05) is 29.8 Å². The van der Waals surface area contributed by atoms with Crippen LogP contribution in [0.25, 0.3) is 33.4 Å². The number of hydrogen-bond donors (Lipinski definition) is 0. The average molecular weight is 378 g/mol. The fourth-order valence-corrected chi connectivity index (χ4v) is 4.00. The van der Waals surface area contributed by atoms with Gasteiger partial charge in [0.2, 0.25) is 18.6 Å². The number of pyridine rings is 2. The van der Waals surface area contributed by atoms with Crippen molar-refractivity contribution >= 4 is 10.9 Å². The summed E-state index contributed by atoms with van der Waals surface area (Å²) in [6.45, 7) is 1.74. The highest BCUT2D eigenvalue weighted by molar-refractivity contribution is 5.94. The number of fused-ring (bicyclic) bond motifs is 5. The van der Waals surface area contributed by atoms with Gasteiger partial charge < -0.3 is 0 Å². The summed E-state index contributed by atoms with van der Waals surface area (Å²) in [7, 11) is 0. The van der Waals surface area contributed by atoms with Crippen molar-refractivity contribution in [1.82, 2.24) is 0 Å². The Morgan fingerprint density at radius 2 is 1.50 bits per heavy atom. The standard InChI is InChI=1S/C23H17F3N2/c24-23(25,26)17-10-8-16(9-11-17)19-15-22-21-7-3-4-12-27(21)13-14-28(22)20-6-2-1-5-18(19)20/h1-12,15H,13-14H2/q+2. The van der Waals surface area contributed by atoms with Crippen molar-refractivity contribution in [1.29, 1.82) is 0 Å². The minimum absolute atomic E-state index is 0.631. The lowest BCUT2D eigenvalue weighted by Crippen LogP contribution is -2.53. The summed E-state index contributed by atoms with van der Waals surface area (Å²) in [5.41, 5.74) is 4.35. The maximum absolute atomic E-state index is 13.0. The predicted molar refractivity (Wildman–Crippen MR) is 100 cm³/mol. The SMILES string of the molecule is FC(F)(F)c1ccc(-c2cc3[n+](c4ccccc24)CC[n+]2ccccc2-3)cc1. The van der Waals surface area contributed by atoms with Gasteiger partial charge in [-0.1, -0.05) is 24.3 Å². The Kier molecular flexibility index (Phi) is 3.72. The first-order chi connectivity index (χ1) is 13.5. The van der Waals surface area contributed by atoms with E-state index in [1.165, 1.54) is 0 Å². The van der Waals surface area contributed by atoms with Gasteiger partial charge in [0.05, 0.1) is 10.9 Å². The maximum atomic E-state index is 13.0. The number of nitrogens with zero attached hydrogens (tertiary/aromatic N) is 2. The van der Waals surface area contributed by atoms with Crippen LogP contribution in [0.4, 0.5) is 13.2 Å². The highest BCUT2D eigenvalue weighted by atomic mass is 19.4. The maximum Gasteiger partial charge on any atom is 0.416 e. The van der Waals surface area contributed by atoms with Crippen molar-refractivity contribution in [2.24, 2.45) is 0 Å². The van der Waals surface area contributed by atoms with Crippen LogP contribution in [0.5, 0.6) is 0 Å². The molecule has 0 spiro atoms. The number of para-hydroxylation sites is 1. The highest BCUT2D eigenvalue weighted by Crippen LogP contribution is 2.34. The Morgan fingerprint density at radius 1 is 0.750 bits per heavy atom. The molecule has 0 saturated heterocycles. The third kappa shape index (κ3) is 2.66. The first kappa shape index (κ1) is 16.9. The summed E-state index contributed by atoms with van der Waals surface area (Å²) in [6, 6.07) is 21.7. The third-order valence-electron chi connectivity index (χ3n) is 5.35. The van der Waals surface area contributed by atoms with E-state index in [4.69, 9.17) is 0 Å². The number of halogens is 3. The van der Waals surface area contributed by atoms with Gasteiger partial charge in [0.1, 0.15) is 0 Å². The average Bonchev–Trinajstić information content (AvgIpc) is 2.72. The Morgan fingerprint density at radius 3 is 2.29 bits per heavy atom. The Balaban J connectivity index is 1.77. The topological polar surface area (TPSA) is 7.76 Å². The van der Waals surface area contributed by atoms with E-state index in [1.54, 1.807) is 12.1 Å². The zero-order valence-electron chi connectivity index (χ0n) is 14.9. The minimum atomic E-state index is -4.33. The molecule has 1 aliphatic heterocycles. The molecule has 138 valence electrons. The van der Waals surface area contributed by atoms with Crippen LogP contribution in [-0.4, -0.2) is 0 Å². The lowest BCUT2D eigenvalue weighted by atomic mass is 9.97. The second-order valence-electron chi connectivity index (χ2n) is 6.97. The van der Waals surface area contributed by atoms with Gasteiger partial charge in [-0.15, -0.1) is 0 Å². The van der Waals surface area contributed by atoms with Crippen molar-refractivity contribution < 1.29 is 22.3 Å². The van der Waals surface area contributed by atoms with Gasteiger partial charge in [-0.25, -0.2) is 0 Å². The molecule has 5 rings (SSSR count). The number of rotatable bonds is 1. The summed E-state index contributed by atoms with van der Waals surface area (Å²) in [5.74, 6) is 0. The molecule has 2 aromatic carbocycles. The van der Waals surface area contributed by atoms with Gasteiger partial charge in [-0.3, -0.25) is 0 Å². The van der Waals surface area contributed by atoms with E-state index in [0.717, 1.165) is 58.6 Å². The van der Waals surface area contributed by atoms with Crippen LogP contribution in [0.1, 0.15) is 5.56 Å². The molecule has 0 bridgehead atoms. The molecule has 0 radical (unpaired) electrons. The Labute approximate surface area is 160 Å². The summed E-state index contributed by atoms with van der Waals surface area (Å²) in [6.07, 6.45) is -2.27. The summed E-state index contributed by atoms with van der Waals surface area (Å²) in [5, 5.41) is 1.04. The minimum Gasteiger partial charge on any atom is -0.187 e. The summed E-state index contributed by atoms with van der Waals surface area (Å²) in [4.78, 5) is 0. The lowest BCUT2D eigenvalue weighted by molar-refractivity contribution is -0.783. The van der Waals surface area contributed by atoms with Crippen LogP contribution in [0, 0.1) is 0 Å². The van der Waals surface area contributed by atoms with Crippen molar-refractivity contribution in [2.75, 3.05) is 0 Å². The molecule has 28 heavy (non-hydrogen) atoms. The van der Waals surface area contributed by atoms with Gasteiger partial charge in [-0.2, -0.15) is 22.3 Å². The van der Waals surface area contributed by atoms with Crippen LogP contribution in [-0.2, 0) is 19.3 Å². The van der Waals surface area contributed by atoms with Crippen molar-refractivity contribution in [3.05, 3.63) is 84.6 Å². The van der Waals surface area contributed by atoms with Crippen molar-refractivity contribution in [3.8, 4) is 22.5 Å². The number of alkyl halides is 3. The molecular formula is C23H17F3N2+2. The van der Waals surface area contributed by atoms with E-state index >= 15 is 0 Å². The zero-order chi connectivity index (χ0) is 19.3. The van der Waals surface area contributed by atoms with Crippen LogP contribution in [0.3, 0.4) is 0 Å². The molecule has 1 aliphatic rings. The molecular weight excluding hydrogens is 361 g/mol. The number of aryl methyl sites for hydroxylation is 2. The summed E-state index contributed by atoms with van der Waals surface area (Å²) < 4.78 is 43.4. The molecule has 0 unspecified atom stereocenters. The van der Waals surface area contributed by atoms with Crippen LogP contribution >= 0.6 is 0 Å². The first-order valence-electron chi connectivity index (χ1n) is 9.14. The zero-order valence-corrected chi connectivity index (χ0v) is 14.9. The molecule has 3 heterocycles. The second kappa shape index (κ2) is 6.16. The van der Waals surface area contributed by atoms with E-state index in [9.17, 15) is 13.2 Å². The molecule has 0 N–H and O–H groups in total. The molecule has 2 nitrogen and oxygen atoms in total. The molecule has 5 heteroatoms. The quantitative estimate of drug-likeness (QED) is 0.421. The Bertz CT molecular complexity index is 1190. The van der Waals surface area contributed by atoms with Crippen molar-refractivity contribution in [2.45, 2.75) is 19.3 Å². The molecule has 2 aromatic heterocycles. The van der Waals surface area contributed by atoms with E-state index in [1.807, 2.05) is 30.3 Å². The van der Waals surface area contributed by atoms with Crippen LogP contribution < -0.4 is 9.13 Å². The smallest absolute Gasteiger partial charge is 0.187 e. The lowest BCUT2D eigenvalue weighted by Gasteiger charge is -2.14. The third-order valence-corrected chi connectivity index (χ3v) is 5.35. The van der Waals surface area contributed by atoms with Crippen LogP contribution in [0.2, 0.25) is 0 Å². The number of benzene rings is 2. The van der Waals surface area contributed by atoms with Gasteiger partial charge in [0.15, 0.2) is 6.20 Å². The summed E-state index contributed by atoms with van der Waals surface area (Å²) >= 11 is 0. The van der Waals surface area contributed by atoms with E-state index in [2.05, 4.69) is 33.5 Å². The van der Waals surface area contributed by atoms with Gasteiger partial charge in [0.25, 0.3) is 11.4 Å². The molecule has 0 aliphatic carbocycles. The van der Waals surface area contributed by atoms with Gasteiger partial charge >= 0.3 is 6.18 Å². The van der Waals surface area contributed by atoms with E-state index < -0.39 is 11.7 Å². The fraction of sp³-hybridized carbons (Fsp3) is 0.130. The van der Waals surface area contributed by atoms with E-state index in [0.29, 0.717) is 0 Å². The highest BCUT2D eigenvalue weighted by Gasteiger charge is 2.33. The molecule has 4 aromatic rings. The number of hydrogen-bond acceptors (Lipinski definition) is 0. The fourth-order valence-electron chi connectivity index (χ4n) is 4.00. The Hall–Kier alpha value is -3.21.